The van der Waals surface area contributed by atoms with Gasteiger partial charge in [-0.1, -0.05) is 63.8 Å². The number of hydrogen-bond donors (Lipinski definition) is 2. The number of allylic oxidation sites excluding steroid dienone is 4. The van der Waals surface area contributed by atoms with Crippen molar-refractivity contribution in [2.45, 2.75) is 65.2 Å². The maximum Gasteiger partial charge on any atom is 0.204 e. The molecular weight excluding hydrogens is 444 g/mol. The van der Waals surface area contributed by atoms with E-state index in [0.29, 0.717) is 29.7 Å². The predicted octanol–water partition coefficient (Wildman–Crippen LogP) is 6.95. The van der Waals surface area contributed by atoms with E-state index in [2.05, 4.69) is 26.0 Å². The molecule has 6 nitrogen and oxygen atoms in total. The summed E-state index contributed by atoms with van der Waals surface area (Å²) in [6.07, 6.45) is 15.2. The molecule has 0 amide bonds. The standard InChI is InChI=1S/C29H36O6/c1-5-7-9-11-13-15-19-22(33-3)18-24-26(27(19)31)28(32)25-20(16-14-12-10-8-6-2)29(34-4)21(30)17-23(25)35-24/h11-14,17-18,30-31H,5-10,15-16H2,1-4H3/b13-11+,14-12+. The van der Waals surface area contributed by atoms with Gasteiger partial charge in [0.05, 0.1) is 19.6 Å². The molecule has 1 aromatic heterocycles. The summed E-state index contributed by atoms with van der Waals surface area (Å²) in [5, 5.41) is 22.1. The van der Waals surface area contributed by atoms with E-state index in [1.54, 1.807) is 6.07 Å². The molecule has 0 saturated heterocycles. The lowest BCUT2D eigenvalue weighted by Crippen LogP contribution is -2.08. The summed E-state index contributed by atoms with van der Waals surface area (Å²) in [4.78, 5) is 13.8. The molecule has 0 saturated carbocycles. The van der Waals surface area contributed by atoms with Crippen LogP contribution in [0, 0.1) is 0 Å². The van der Waals surface area contributed by atoms with Crippen LogP contribution in [0.4, 0.5) is 0 Å². The van der Waals surface area contributed by atoms with Crippen molar-refractivity contribution in [1.29, 1.82) is 0 Å². The lowest BCUT2D eigenvalue weighted by Gasteiger charge is -2.15. The monoisotopic (exact) mass is 480 g/mol. The highest BCUT2D eigenvalue weighted by Crippen LogP contribution is 2.40. The van der Waals surface area contributed by atoms with Crippen LogP contribution in [0.1, 0.15) is 63.5 Å². The molecule has 1 heterocycles. The van der Waals surface area contributed by atoms with Gasteiger partial charge in [-0.3, -0.25) is 4.79 Å². The Kier molecular flexibility index (Phi) is 9.24. The zero-order valence-electron chi connectivity index (χ0n) is 21.1. The molecule has 0 fully saturated rings. The smallest absolute Gasteiger partial charge is 0.204 e. The molecule has 188 valence electrons. The molecule has 0 aliphatic heterocycles. The molecule has 0 atom stereocenters. The van der Waals surface area contributed by atoms with Crippen molar-refractivity contribution >= 4 is 21.9 Å². The number of aromatic hydroxyl groups is 2. The molecule has 3 rings (SSSR count). The third-order valence-corrected chi connectivity index (χ3v) is 6.18. The van der Waals surface area contributed by atoms with Gasteiger partial charge < -0.3 is 24.1 Å². The Labute approximate surface area is 206 Å². The van der Waals surface area contributed by atoms with Gasteiger partial charge in [0.1, 0.15) is 28.1 Å². The molecule has 2 N–H and O–H groups in total. The summed E-state index contributed by atoms with van der Waals surface area (Å²) < 4.78 is 17.0. The second kappa shape index (κ2) is 12.3. The fraction of sp³-hybridized carbons (Fsp3) is 0.414. The topological polar surface area (TPSA) is 89.1 Å². The van der Waals surface area contributed by atoms with E-state index in [1.807, 2.05) is 12.2 Å². The Bertz CT molecular complexity index is 1280. The second-order valence-electron chi connectivity index (χ2n) is 8.63. The quantitative estimate of drug-likeness (QED) is 0.166. The summed E-state index contributed by atoms with van der Waals surface area (Å²) in [6.45, 7) is 4.27. The van der Waals surface area contributed by atoms with E-state index >= 15 is 0 Å². The second-order valence-corrected chi connectivity index (χ2v) is 8.63. The Morgan fingerprint density at radius 1 is 0.829 bits per heavy atom. The van der Waals surface area contributed by atoms with Crippen LogP contribution >= 0.6 is 0 Å². The Morgan fingerprint density at radius 2 is 1.43 bits per heavy atom. The van der Waals surface area contributed by atoms with E-state index in [4.69, 9.17) is 13.9 Å². The van der Waals surface area contributed by atoms with Crippen LogP contribution < -0.4 is 14.9 Å². The van der Waals surface area contributed by atoms with Crippen LogP contribution in [0.5, 0.6) is 23.0 Å². The van der Waals surface area contributed by atoms with Crippen LogP contribution in [0.25, 0.3) is 21.9 Å². The first kappa shape index (κ1) is 26.2. The van der Waals surface area contributed by atoms with E-state index in [0.717, 1.165) is 38.5 Å². The average Bonchev–Trinajstić information content (AvgIpc) is 2.84. The number of rotatable bonds is 12. The largest absolute Gasteiger partial charge is 0.507 e. The summed E-state index contributed by atoms with van der Waals surface area (Å²) >= 11 is 0. The minimum atomic E-state index is -0.368. The van der Waals surface area contributed by atoms with Gasteiger partial charge in [0.15, 0.2) is 11.5 Å². The zero-order chi connectivity index (χ0) is 25.4. The van der Waals surface area contributed by atoms with Crippen LogP contribution in [-0.4, -0.2) is 24.4 Å². The Hall–Kier alpha value is -3.41. The van der Waals surface area contributed by atoms with Gasteiger partial charge in [0.2, 0.25) is 5.43 Å². The number of phenols is 2. The molecule has 35 heavy (non-hydrogen) atoms. The van der Waals surface area contributed by atoms with E-state index in [1.165, 1.54) is 20.3 Å². The van der Waals surface area contributed by atoms with Gasteiger partial charge in [-0.2, -0.15) is 0 Å². The third-order valence-electron chi connectivity index (χ3n) is 6.18. The number of benzene rings is 2. The van der Waals surface area contributed by atoms with E-state index < -0.39 is 0 Å². The molecule has 0 radical (unpaired) electrons. The molecule has 0 unspecified atom stereocenters. The molecule has 3 aromatic rings. The minimum Gasteiger partial charge on any atom is -0.507 e. The summed E-state index contributed by atoms with van der Waals surface area (Å²) in [7, 11) is 2.98. The van der Waals surface area contributed by atoms with Crippen molar-refractivity contribution in [3.05, 3.63) is 57.8 Å². The van der Waals surface area contributed by atoms with Gasteiger partial charge >= 0.3 is 0 Å². The van der Waals surface area contributed by atoms with Crippen LogP contribution in [0.3, 0.4) is 0 Å². The predicted molar refractivity (Wildman–Crippen MR) is 141 cm³/mol. The maximum absolute atomic E-state index is 13.8. The summed E-state index contributed by atoms with van der Waals surface area (Å²) in [5.41, 5.74) is 1.12. The van der Waals surface area contributed by atoms with Gasteiger partial charge in [-0.05, 0) is 25.7 Å². The van der Waals surface area contributed by atoms with Crippen molar-refractivity contribution < 1.29 is 24.1 Å². The molecular formula is C29H36O6. The average molecular weight is 481 g/mol. The van der Waals surface area contributed by atoms with Crippen LogP contribution in [-0.2, 0) is 12.8 Å². The highest BCUT2D eigenvalue weighted by Gasteiger charge is 2.23. The van der Waals surface area contributed by atoms with Gasteiger partial charge in [-0.15, -0.1) is 0 Å². The lowest BCUT2D eigenvalue weighted by atomic mass is 9.99. The van der Waals surface area contributed by atoms with E-state index in [-0.39, 0.29) is 44.6 Å². The Balaban J connectivity index is 2.22. The van der Waals surface area contributed by atoms with Crippen molar-refractivity contribution in [2.75, 3.05) is 14.2 Å². The minimum absolute atomic E-state index is 0.0965. The lowest BCUT2D eigenvalue weighted by molar-refractivity contribution is 0.370. The Morgan fingerprint density at radius 3 is 2.00 bits per heavy atom. The van der Waals surface area contributed by atoms with Crippen molar-refractivity contribution in [3.8, 4) is 23.0 Å². The molecule has 0 bridgehead atoms. The fourth-order valence-corrected chi connectivity index (χ4v) is 4.30. The molecule has 0 aliphatic carbocycles. The number of ether oxygens (including phenoxy) is 2. The molecule has 0 aliphatic rings. The highest BCUT2D eigenvalue weighted by molar-refractivity contribution is 5.97. The van der Waals surface area contributed by atoms with Crippen molar-refractivity contribution in [2.24, 2.45) is 0 Å². The van der Waals surface area contributed by atoms with Crippen LogP contribution in [0.15, 0.2) is 45.6 Å². The summed E-state index contributed by atoms with van der Waals surface area (Å²) in [5.74, 6) is 0.418. The number of fused-ring (bicyclic) bond motifs is 2. The first-order chi connectivity index (χ1) is 17.0. The normalized spacial score (nSPS) is 11.9. The van der Waals surface area contributed by atoms with Crippen molar-refractivity contribution in [1.82, 2.24) is 0 Å². The van der Waals surface area contributed by atoms with Crippen LogP contribution in [0.2, 0.25) is 0 Å². The third kappa shape index (κ3) is 5.64. The SMILES string of the molecule is CCCC/C=C/Cc1c(OC)cc2oc3cc(O)c(OC)c(C/C=C/CCCC)c3c(=O)c2c1O. The highest BCUT2D eigenvalue weighted by atomic mass is 16.5. The fourth-order valence-electron chi connectivity index (χ4n) is 4.30. The number of phenolic OH excluding ortho intramolecular Hbond substituents is 2. The molecule has 0 spiro atoms. The number of methoxy groups -OCH3 is 2. The molecule has 6 heteroatoms. The first-order valence-corrected chi connectivity index (χ1v) is 12.4. The van der Waals surface area contributed by atoms with Gasteiger partial charge in [-0.25, -0.2) is 0 Å². The van der Waals surface area contributed by atoms with Gasteiger partial charge in [0.25, 0.3) is 0 Å². The zero-order valence-corrected chi connectivity index (χ0v) is 21.1. The maximum atomic E-state index is 13.8. The number of unbranched alkanes of at least 4 members (excludes halogenated alkanes) is 4. The van der Waals surface area contributed by atoms with Gasteiger partial charge in [0, 0.05) is 23.3 Å². The first-order valence-electron chi connectivity index (χ1n) is 12.4. The van der Waals surface area contributed by atoms with Crippen molar-refractivity contribution in [3.63, 3.8) is 0 Å². The number of hydrogen-bond acceptors (Lipinski definition) is 6. The summed E-state index contributed by atoms with van der Waals surface area (Å²) in [6, 6.07) is 3.00. The van der Waals surface area contributed by atoms with E-state index in [9.17, 15) is 15.0 Å². The molecule has 2 aromatic carbocycles.